The molecule has 0 aliphatic heterocycles. The smallest absolute Gasteiger partial charge is 0.134 e. The molecule has 2 rings (SSSR count). The summed E-state index contributed by atoms with van der Waals surface area (Å²) in [6.07, 6.45) is 2.00. The van der Waals surface area contributed by atoms with Crippen LogP contribution in [-0.2, 0) is 0 Å². The van der Waals surface area contributed by atoms with Crippen LogP contribution in [0.15, 0.2) is 22.9 Å². The molecule has 2 aromatic heterocycles. The van der Waals surface area contributed by atoms with Gasteiger partial charge in [-0.3, -0.25) is 0 Å². The lowest BCUT2D eigenvalue weighted by Gasteiger charge is -2.03. The summed E-state index contributed by atoms with van der Waals surface area (Å²) in [6.45, 7) is 1.98. The first kappa shape index (κ1) is 8.56. The molecule has 4 heteroatoms. The van der Waals surface area contributed by atoms with Gasteiger partial charge in [0.1, 0.15) is 15.9 Å². The van der Waals surface area contributed by atoms with Crippen LogP contribution in [0, 0.1) is 6.92 Å². The molecule has 1 N–H and O–H groups in total. The SMILES string of the molecule is CNc1cccn2c(C)nc(Br)c12. The van der Waals surface area contributed by atoms with E-state index < -0.39 is 0 Å². The lowest BCUT2D eigenvalue weighted by molar-refractivity contribution is 1.04. The molecule has 68 valence electrons. The van der Waals surface area contributed by atoms with E-state index in [-0.39, 0.29) is 0 Å². The van der Waals surface area contributed by atoms with E-state index in [9.17, 15) is 0 Å². The summed E-state index contributed by atoms with van der Waals surface area (Å²) >= 11 is 3.44. The third-order valence-electron chi connectivity index (χ3n) is 2.07. The molecule has 2 aromatic rings. The minimum Gasteiger partial charge on any atom is -0.386 e. The first-order valence-electron chi connectivity index (χ1n) is 4.05. The number of nitrogens with zero attached hydrogens (tertiary/aromatic N) is 2. The Bertz CT molecular complexity index is 447. The molecule has 0 atom stereocenters. The number of pyridine rings is 1. The van der Waals surface area contributed by atoms with Crippen LogP contribution >= 0.6 is 15.9 Å². The van der Waals surface area contributed by atoms with Crippen LogP contribution in [0.25, 0.3) is 5.52 Å². The Labute approximate surface area is 84.9 Å². The highest BCUT2D eigenvalue weighted by atomic mass is 79.9. The molecule has 0 unspecified atom stereocenters. The molecular formula is C9H10BrN3. The molecule has 13 heavy (non-hydrogen) atoms. The Morgan fingerprint density at radius 2 is 2.31 bits per heavy atom. The third-order valence-corrected chi connectivity index (χ3v) is 2.62. The summed E-state index contributed by atoms with van der Waals surface area (Å²) in [5.41, 5.74) is 2.16. The Kier molecular flexibility index (Phi) is 2.00. The second-order valence-electron chi connectivity index (χ2n) is 2.84. The normalized spacial score (nSPS) is 10.7. The number of fused-ring (bicyclic) bond motifs is 1. The molecule has 0 spiro atoms. The quantitative estimate of drug-likeness (QED) is 0.829. The minimum absolute atomic E-state index is 0.884. The highest BCUT2D eigenvalue weighted by Crippen LogP contribution is 2.25. The third kappa shape index (κ3) is 1.21. The van der Waals surface area contributed by atoms with Gasteiger partial charge in [0.15, 0.2) is 0 Å². The topological polar surface area (TPSA) is 29.3 Å². The van der Waals surface area contributed by atoms with Crippen molar-refractivity contribution >= 4 is 27.1 Å². The van der Waals surface area contributed by atoms with Crippen molar-refractivity contribution in [1.82, 2.24) is 9.38 Å². The highest BCUT2D eigenvalue weighted by Gasteiger charge is 2.08. The first-order chi connectivity index (χ1) is 6.24. The monoisotopic (exact) mass is 239 g/mol. The van der Waals surface area contributed by atoms with Crippen LogP contribution in [-0.4, -0.2) is 16.4 Å². The van der Waals surface area contributed by atoms with Gasteiger partial charge in [0.25, 0.3) is 0 Å². The Morgan fingerprint density at radius 1 is 1.54 bits per heavy atom. The summed E-state index contributed by atoms with van der Waals surface area (Å²) in [6, 6.07) is 4.03. The van der Waals surface area contributed by atoms with E-state index in [2.05, 4.69) is 30.6 Å². The van der Waals surface area contributed by atoms with Crippen molar-refractivity contribution in [2.75, 3.05) is 12.4 Å². The van der Waals surface area contributed by atoms with Gasteiger partial charge in [0, 0.05) is 13.2 Å². The van der Waals surface area contributed by atoms with Gasteiger partial charge in [-0.15, -0.1) is 0 Å². The fourth-order valence-corrected chi connectivity index (χ4v) is 2.10. The second-order valence-corrected chi connectivity index (χ2v) is 3.59. The largest absolute Gasteiger partial charge is 0.386 e. The van der Waals surface area contributed by atoms with Crippen molar-refractivity contribution in [3.05, 3.63) is 28.8 Å². The molecule has 0 saturated heterocycles. The van der Waals surface area contributed by atoms with Gasteiger partial charge >= 0.3 is 0 Å². The van der Waals surface area contributed by atoms with E-state index in [0.29, 0.717) is 0 Å². The zero-order valence-electron chi connectivity index (χ0n) is 7.50. The molecule has 0 bridgehead atoms. The molecule has 0 aliphatic carbocycles. The van der Waals surface area contributed by atoms with Crippen LogP contribution in [0.2, 0.25) is 0 Å². The van der Waals surface area contributed by atoms with E-state index in [0.717, 1.165) is 21.6 Å². The molecule has 0 fully saturated rings. The van der Waals surface area contributed by atoms with Crippen molar-refractivity contribution in [3.8, 4) is 0 Å². The average molecular weight is 240 g/mol. The number of halogens is 1. The predicted octanol–water partition coefficient (Wildman–Crippen LogP) is 2.45. The van der Waals surface area contributed by atoms with E-state index in [1.54, 1.807) is 0 Å². The average Bonchev–Trinajstić information content (AvgIpc) is 2.43. The molecule has 2 heterocycles. The summed E-state index contributed by atoms with van der Waals surface area (Å²) in [5, 5.41) is 3.13. The van der Waals surface area contributed by atoms with Crippen LogP contribution in [0.4, 0.5) is 5.69 Å². The number of aromatic nitrogens is 2. The molecule has 0 saturated carbocycles. The maximum atomic E-state index is 4.34. The lowest BCUT2D eigenvalue weighted by Crippen LogP contribution is -1.93. The number of hydrogen-bond acceptors (Lipinski definition) is 2. The molecule has 0 amide bonds. The zero-order valence-corrected chi connectivity index (χ0v) is 9.09. The van der Waals surface area contributed by atoms with Crippen molar-refractivity contribution in [3.63, 3.8) is 0 Å². The fraction of sp³-hybridized carbons (Fsp3) is 0.222. The van der Waals surface area contributed by atoms with Crippen LogP contribution in [0.1, 0.15) is 5.82 Å². The van der Waals surface area contributed by atoms with E-state index in [1.807, 2.05) is 32.3 Å². The van der Waals surface area contributed by atoms with Gasteiger partial charge in [0.05, 0.1) is 5.69 Å². The molecule has 0 aliphatic rings. The second kappa shape index (κ2) is 3.03. The van der Waals surface area contributed by atoms with Gasteiger partial charge < -0.3 is 9.72 Å². The van der Waals surface area contributed by atoms with Crippen LogP contribution < -0.4 is 5.32 Å². The molecular weight excluding hydrogens is 230 g/mol. The minimum atomic E-state index is 0.884. The van der Waals surface area contributed by atoms with Gasteiger partial charge in [-0.2, -0.15) is 0 Å². The number of hydrogen-bond donors (Lipinski definition) is 1. The maximum absolute atomic E-state index is 4.34. The summed E-state index contributed by atoms with van der Waals surface area (Å²) in [4.78, 5) is 4.34. The van der Waals surface area contributed by atoms with E-state index in [4.69, 9.17) is 0 Å². The molecule has 3 nitrogen and oxygen atoms in total. The van der Waals surface area contributed by atoms with Crippen molar-refractivity contribution in [2.45, 2.75) is 6.92 Å². The Balaban J connectivity index is 2.88. The Morgan fingerprint density at radius 3 is 3.00 bits per heavy atom. The number of anilines is 1. The van der Waals surface area contributed by atoms with Crippen molar-refractivity contribution < 1.29 is 0 Å². The molecule has 0 radical (unpaired) electrons. The van der Waals surface area contributed by atoms with Gasteiger partial charge in [-0.1, -0.05) is 0 Å². The van der Waals surface area contributed by atoms with E-state index in [1.165, 1.54) is 0 Å². The summed E-state index contributed by atoms with van der Waals surface area (Å²) in [5.74, 6) is 0.985. The van der Waals surface area contributed by atoms with Gasteiger partial charge in [-0.25, -0.2) is 4.98 Å². The number of aryl methyl sites for hydroxylation is 1. The van der Waals surface area contributed by atoms with Crippen LogP contribution in [0.5, 0.6) is 0 Å². The van der Waals surface area contributed by atoms with Crippen molar-refractivity contribution in [2.24, 2.45) is 0 Å². The highest BCUT2D eigenvalue weighted by molar-refractivity contribution is 9.10. The standard InChI is InChI=1S/C9H10BrN3/c1-6-12-9(10)8-7(11-2)4-3-5-13(6)8/h3-5,11H,1-2H3. The van der Waals surface area contributed by atoms with Crippen molar-refractivity contribution in [1.29, 1.82) is 0 Å². The van der Waals surface area contributed by atoms with Gasteiger partial charge in [-0.05, 0) is 35.0 Å². The molecule has 0 aromatic carbocycles. The maximum Gasteiger partial charge on any atom is 0.134 e. The summed E-state index contributed by atoms with van der Waals surface area (Å²) < 4.78 is 2.94. The predicted molar refractivity (Wildman–Crippen MR) is 57.2 cm³/mol. The zero-order chi connectivity index (χ0) is 9.42. The Hall–Kier alpha value is -1.03. The summed E-state index contributed by atoms with van der Waals surface area (Å²) in [7, 11) is 1.91. The van der Waals surface area contributed by atoms with Gasteiger partial charge in [0.2, 0.25) is 0 Å². The van der Waals surface area contributed by atoms with Crippen LogP contribution in [0.3, 0.4) is 0 Å². The lowest BCUT2D eigenvalue weighted by atomic mass is 10.3. The fourth-order valence-electron chi connectivity index (χ4n) is 1.44. The number of nitrogens with one attached hydrogen (secondary N) is 1. The first-order valence-corrected chi connectivity index (χ1v) is 4.84. The van der Waals surface area contributed by atoms with E-state index >= 15 is 0 Å². The number of rotatable bonds is 1. The number of imidazole rings is 1.